The van der Waals surface area contributed by atoms with Gasteiger partial charge in [0.1, 0.15) is 6.61 Å². The summed E-state index contributed by atoms with van der Waals surface area (Å²) in [4.78, 5) is 0.713. The predicted molar refractivity (Wildman–Crippen MR) is 65.6 cm³/mol. The average Bonchev–Trinajstić information content (AvgIpc) is 2.63. The van der Waals surface area contributed by atoms with Gasteiger partial charge in [-0.2, -0.15) is 0 Å². The number of aromatic nitrogens is 2. The van der Waals surface area contributed by atoms with Crippen molar-refractivity contribution < 1.29 is 9.94 Å². The van der Waals surface area contributed by atoms with E-state index in [1.165, 1.54) is 6.20 Å². The second-order valence-electron chi connectivity index (χ2n) is 3.06. The van der Waals surface area contributed by atoms with Crippen molar-refractivity contribution in [3.63, 3.8) is 0 Å². The second kappa shape index (κ2) is 4.88. The van der Waals surface area contributed by atoms with Crippen LogP contribution in [0.15, 0.2) is 39.4 Å². The summed E-state index contributed by atoms with van der Waals surface area (Å²) < 4.78 is 7.35. The van der Waals surface area contributed by atoms with E-state index in [1.807, 2.05) is 18.2 Å². The molecule has 0 aliphatic heterocycles. The van der Waals surface area contributed by atoms with Gasteiger partial charge in [0.15, 0.2) is 0 Å². The van der Waals surface area contributed by atoms with Gasteiger partial charge in [0.05, 0.1) is 6.20 Å². The van der Waals surface area contributed by atoms with E-state index in [2.05, 4.69) is 37.0 Å². The maximum Gasteiger partial charge on any atom is 0.236 e. The molecule has 2 rings (SSSR count). The fraction of sp³-hybridized carbons (Fsp3) is 0.100. The second-order valence-corrected chi connectivity index (χ2v) is 4.77. The van der Waals surface area contributed by atoms with Crippen molar-refractivity contribution in [1.29, 1.82) is 0 Å². The Bertz CT molecular complexity index is 479. The molecule has 0 bridgehead atoms. The van der Waals surface area contributed by atoms with Crippen LogP contribution in [0.2, 0.25) is 0 Å². The van der Waals surface area contributed by atoms with E-state index in [-0.39, 0.29) is 0 Å². The number of halogens is 2. The van der Waals surface area contributed by atoms with Gasteiger partial charge in [0.2, 0.25) is 5.88 Å². The lowest BCUT2D eigenvalue weighted by atomic mass is 10.2. The Morgan fingerprint density at radius 1 is 1.25 bits per heavy atom. The summed E-state index contributed by atoms with van der Waals surface area (Å²) in [7, 11) is 0. The van der Waals surface area contributed by atoms with E-state index in [0.717, 1.165) is 14.5 Å². The minimum atomic E-state index is 0.374. The smallest absolute Gasteiger partial charge is 0.236 e. The van der Waals surface area contributed by atoms with Crippen LogP contribution < -0.4 is 4.74 Å². The van der Waals surface area contributed by atoms with Gasteiger partial charge in [-0.05, 0) is 12.1 Å². The Morgan fingerprint density at radius 3 is 2.50 bits per heavy atom. The van der Waals surface area contributed by atoms with Gasteiger partial charge in [-0.15, -0.1) is 4.85 Å². The van der Waals surface area contributed by atoms with Crippen LogP contribution in [-0.4, -0.2) is 15.2 Å². The fourth-order valence-corrected chi connectivity index (χ4v) is 2.42. The summed E-state index contributed by atoms with van der Waals surface area (Å²) >= 11 is 6.88. The minimum Gasteiger partial charge on any atom is -0.472 e. The van der Waals surface area contributed by atoms with Crippen LogP contribution in [0.5, 0.6) is 5.88 Å². The molecule has 2 aromatic rings. The third kappa shape index (κ3) is 2.56. The summed E-state index contributed by atoms with van der Waals surface area (Å²) in [6, 6.07) is 7.40. The van der Waals surface area contributed by atoms with Crippen molar-refractivity contribution in [2.75, 3.05) is 0 Å². The highest BCUT2D eigenvalue weighted by atomic mass is 79.9. The Labute approximate surface area is 109 Å². The van der Waals surface area contributed by atoms with Gasteiger partial charge < -0.3 is 9.94 Å². The molecule has 0 atom stereocenters. The van der Waals surface area contributed by atoms with Crippen LogP contribution in [0.3, 0.4) is 0 Å². The minimum absolute atomic E-state index is 0.374. The zero-order valence-electron chi connectivity index (χ0n) is 8.10. The summed E-state index contributed by atoms with van der Waals surface area (Å²) in [6.07, 6.45) is 1.41. The van der Waals surface area contributed by atoms with Gasteiger partial charge in [-0.25, -0.2) is 0 Å². The fourth-order valence-electron chi connectivity index (χ4n) is 1.19. The molecule has 0 radical (unpaired) electrons. The van der Waals surface area contributed by atoms with Gasteiger partial charge >= 0.3 is 0 Å². The lowest BCUT2D eigenvalue weighted by Crippen LogP contribution is -1.99. The summed E-state index contributed by atoms with van der Waals surface area (Å²) in [5.41, 5.74) is 0.995. The van der Waals surface area contributed by atoms with E-state index in [4.69, 9.17) is 9.94 Å². The molecule has 6 heteroatoms. The van der Waals surface area contributed by atoms with Crippen molar-refractivity contribution >= 4 is 31.9 Å². The van der Waals surface area contributed by atoms with Gasteiger partial charge in [0.25, 0.3) is 0 Å². The van der Waals surface area contributed by atoms with Crippen molar-refractivity contribution in [2.45, 2.75) is 6.61 Å². The molecule has 0 amide bonds. The van der Waals surface area contributed by atoms with Crippen molar-refractivity contribution in [3.05, 3.63) is 45.0 Å². The third-order valence-corrected chi connectivity index (χ3v) is 3.46. The normalized spacial score (nSPS) is 10.4. The Balaban J connectivity index is 2.10. The molecule has 4 nitrogen and oxygen atoms in total. The first kappa shape index (κ1) is 11.5. The van der Waals surface area contributed by atoms with Crippen LogP contribution in [0.4, 0.5) is 0 Å². The van der Waals surface area contributed by atoms with Gasteiger partial charge in [-0.3, -0.25) is 0 Å². The maximum absolute atomic E-state index is 8.97. The van der Waals surface area contributed by atoms with E-state index in [0.29, 0.717) is 17.3 Å². The molecule has 1 aromatic heterocycles. The standard InChI is InChI=1S/C10H8Br2N2O2/c11-8-2-1-3-9(12)7(8)6-16-10-4-5-14(15)13-10/h1-5,15H,6H2. The van der Waals surface area contributed by atoms with Gasteiger partial charge in [0, 0.05) is 20.6 Å². The number of nitrogens with zero attached hydrogens (tertiary/aromatic N) is 2. The topological polar surface area (TPSA) is 47.3 Å². The number of ether oxygens (including phenoxy) is 1. The summed E-state index contributed by atoms with van der Waals surface area (Å²) in [6.45, 7) is 0.374. The Kier molecular flexibility index (Phi) is 3.50. The van der Waals surface area contributed by atoms with Crippen LogP contribution in [0.25, 0.3) is 0 Å². The highest BCUT2D eigenvalue weighted by Crippen LogP contribution is 2.26. The quantitative estimate of drug-likeness (QED) is 0.867. The largest absolute Gasteiger partial charge is 0.472 e. The molecule has 1 aromatic carbocycles. The molecule has 0 saturated heterocycles. The zero-order valence-corrected chi connectivity index (χ0v) is 11.3. The van der Waals surface area contributed by atoms with Crippen molar-refractivity contribution in [3.8, 4) is 5.88 Å². The van der Waals surface area contributed by atoms with Gasteiger partial charge in [-0.1, -0.05) is 43.0 Å². The number of hydrogen-bond donors (Lipinski definition) is 1. The van der Waals surface area contributed by atoms with Crippen molar-refractivity contribution in [2.24, 2.45) is 0 Å². The molecule has 0 fully saturated rings. The van der Waals surface area contributed by atoms with Crippen LogP contribution in [-0.2, 0) is 6.61 Å². The number of hydrogen-bond acceptors (Lipinski definition) is 3. The van der Waals surface area contributed by atoms with E-state index in [1.54, 1.807) is 6.07 Å². The van der Waals surface area contributed by atoms with Crippen LogP contribution in [0.1, 0.15) is 5.56 Å². The molecule has 1 heterocycles. The third-order valence-electron chi connectivity index (χ3n) is 1.98. The number of benzene rings is 1. The van der Waals surface area contributed by atoms with E-state index < -0.39 is 0 Å². The molecule has 0 saturated carbocycles. The first-order valence-electron chi connectivity index (χ1n) is 4.47. The SMILES string of the molecule is On1ccc(OCc2c(Br)cccc2Br)n1. The van der Waals surface area contributed by atoms with Crippen LogP contribution in [0, 0.1) is 0 Å². The highest BCUT2D eigenvalue weighted by molar-refractivity contribution is 9.11. The van der Waals surface area contributed by atoms with E-state index in [9.17, 15) is 0 Å². The average molecular weight is 348 g/mol. The van der Waals surface area contributed by atoms with Crippen LogP contribution >= 0.6 is 31.9 Å². The molecular weight excluding hydrogens is 340 g/mol. The van der Waals surface area contributed by atoms with E-state index >= 15 is 0 Å². The summed E-state index contributed by atoms with van der Waals surface area (Å²) in [5.74, 6) is 0.380. The lowest BCUT2D eigenvalue weighted by Gasteiger charge is -2.07. The zero-order chi connectivity index (χ0) is 11.5. The molecule has 84 valence electrons. The molecular formula is C10H8Br2N2O2. The first-order chi connectivity index (χ1) is 7.66. The molecule has 0 spiro atoms. The maximum atomic E-state index is 8.97. The van der Waals surface area contributed by atoms with Crippen molar-refractivity contribution in [1.82, 2.24) is 9.94 Å². The Morgan fingerprint density at radius 2 is 1.94 bits per heavy atom. The summed E-state index contributed by atoms with van der Waals surface area (Å²) in [5, 5.41) is 12.7. The molecule has 16 heavy (non-hydrogen) atoms. The molecule has 0 unspecified atom stereocenters. The first-order valence-corrected chi connectivity index (χ1v) is 6.06. The predicted octanol–water partition coefficient (Wildman–Crippen LogP) is 3.22. The monoisotopic (exact) mass is 346 g/mol. The molecule has 1 N–H and O–H groups in total. The highest BCUT2D eigenvalue weighted by Gasteiger charge is 2.06. The Hall–Kier alpha value is -1.01. The molecule has 0 aliphatic carbocycles. The lowest BCUT2D eigenvalue weighted by molar-refractivity contribution is 0.141. The number of rotatable bonds is 3. The molecule has 0 aliphatic rings.